The first-order valence-electron chi connectivity index (χ1n) is 5.63. The van der Waals surface area contributed by atoms with E-state index in [1.807, 2.05) is 11.3 Å². The van der Waals surface area contributed by atoms with E-state index in [0.29, 0.717) is 0 Å². The van der Waals surface area contributed by atoms with Gasteiger partial charge in [0.1, 0.15) is 0 Å². The van der Waals surface area contributed by atoms with Gasteiger partial charge in [0.15, 0.2) is 0 Å². The molecule has 0 bridgehead atoms. The molecule has 0 aliphatic carbocycles. The monoisotopic (exact) mass is 209 g/mol. The molecule has 1 aromatic heterocycles. The lowest BCUT2D eigenvalue weighted by Crippen LogP contribution is -2.34. The first-order valence-corrected chi connectivity index (χ1v) is 6.45. The lowest BCUT2D eigenvalue weighted by Gasteiger charge is -2.22. The molecular weight excluding hydrogens is 190 g/mol. The maximum absolute atomic E-state index is 3.60. The predicted molar refractivity (Wildman–Crippen MR) is 63.0 cm³/mol. The average molecular weight is 209 g/mol. The molecule has 2 rings (SSSR count). The topological polar surface area (TPSA) is 12.0 Å². The lowest BCUT2D eigenvalue weighted by atomic mass is 10.0. The fraction of sp³-hybridized carbons (Fsp3) is 0.667. The highest BCUT2D eigenvalue weighted by molar-refractivity contribution is 7.11. The number of piperidine rings is 1. The van der Waals surface area contributed by atoms with Crippen molar-refractivity contribution in [3.05, 3.63) is 21.9 Å². The number of hydrogen-bond acceptors (Lipinski definition) is 2. The molecule has 2 heterocycles. The SMILES string of the molecule is Cc1ccc(CCC2CCCCN2)s1. The molecule has 0 radical (unpaired) electrons. The highest BCUT2D eigenvalue weighted by Gasteiger charge is 2.12. The van der Waals surface area contributed by atoms with E-state index in [1.165, 1.54) is 43.5 Å². The van der Waals surface area contributed by atoms with Crippen molar-refractivity contribution in [2.24, 2.45) is 0 Å². The van der Waals surface area contributed by atoms with Crippen LogP contribution in [0.15, 0.2) is 12.1 Å². The van der Waals surface area contributed by atoms with E-state index in [4.69, 9.17) is 0 Å². The van der Waals surface area contributed by atoms with E-state index in [2.05, 4.69) is 24.4 Å². The Morgan fingerprint density at radius 3 is 3.00 bits per heavy atom. The van der Waals surface area contributed by atoms with Crippen LogP contribution in [0.1, 0.15) is 35.4 Å². The summed E-state index contributed by atoms with van der Waals surface area (Å²) in [5.74, 6) is 0. The standard InChI is InChI=1S/C12H19NS/c1-10-5-7-12(14-10)8-6-11-4-2-3-9-13-11/h5,7,11,13H,2-4,6,8-9H2,1H3. The van der Waals surface area contributed by atoms with Crippen LogP contribution in [0.3, 0.4) is 0 Å². The number of hydrogen-bond donors (Lipinski definition) is 1. The zero-order chi connectivity index (χ0) is 9.80. The summed E-state index contributed by atoms with van der Waals surface area (Å²) in [6.45, 7) is 3.42. The number of nitrogens with one attached hydrogen (secondary N) is 1. The molecule has 0 saturated carbocycles. The normalized spacial score (nSPS) is 22.5. The molecule has 1 nitrogen and oxygen atoms in total. The van der Waals surface area contributed by atoms with Crippen LogP contribution < -0.4 is 5.32 Å². The molecule has 1 aliphatic heterocycles. The predicted octanol–water partition coefficient (Wildman–Crippen LogP) is 3.13. The third-order valence-electron chi connectivity index (χ3n) is 2.95. The van der Waals surface area contributed by atoms with Crippen LogP contribution in [-0.2, 0) is 6.42 Å². The quantitative estimate of drug-likeness (QED) is 0.806. The molecule has 0 amide bonds. The molecule has 0 aromatic carbocycles. The number of aryl methyl sites for hydroxylation is 2. The van der Waals surface area contributed by atoms with Crippen molar-refractivity contribution in [3.63, 3.8) is 0 Å². The van der Waals surface area contributed by atoms with E-state index in [9.17, 15) is 0 Å². The molecule has 1 aromatic rings. The molecule has 1 unspecified atom stereocenters. The minimum atomic E-state index is 0.783. The minimum absolute atomic E-state index is 0.783. The smallest absolute Gasteiger partial charge is 0.00705 e. The van der Waals surface area contributed by atoms with Crippen LogP contribution >= 0.6 is 11.3 Å². The van der Waals surface area contributed by atoms with Gasteiger partial charge in [-0.15, -0.1) is 11.3 Å². The average Bonchev–Trinajstić information content (AvgIpc) is 2.63. The van der Waals surface area contributed by atoms with Crippen molar-refractivity contribution >= 4 is 11.3 Å². The third-order valence-corrected chi connectivity index (χ3v) is 4.01. The van der Waals surface area contributed by atoms with Crippen LogP contribution in [0.25, 0.3) is 0 Å². The largest absolute Gasteiger partial charge is 0.314 e. The van der Waals surface area contributed by atoms with E-state index >= 15 is 0 Å². The van der Waals surface area contributed by atoms with E-state index < -0.39 is 0 Å². The summed E-state index contributed by atoms with van der Waals surface area (Å²) in [5, 5.41) is 3.60. The Labute approximate surface area is 90.5 Å². The summed E-state index contributed by atoms with van der Waals surface area (Å²) < 4.78 is 0. The molecular formula is C12H19NS. The molecule has 78 valence electrons. The summed E-state index contributed by atoms with van der Waals surface area (Å²) in [7, 11) is 0. The van der Waals surface area contributed by atoms with Gasteiger partial charge >= 0.3 is 0 Å². The highest BCUT2D eigenvalue weighted by atomic mass is 32.1. The molecule has 2 heteroatoms. The Morgan fingerprint density at radius 2 is 2.36 bits per heavy atom. The van der Waals surface area contributed by atoms with E-state index in [-0.39, 0.29) is 0 Å². The van der Waals surface area contributed by atoms with Crippen molar-refractivity contribution in [2.45, 2.75) is 45.1 Å². The first kappa shape index (κ1) is 10.2. The van der Waals surface area contributed by atoms with Crippen molar-refractivity contribution in [2.75, 3.05) is 6.54 Å². The van der Waals surface area contributed by atoms with Gasteiger partial charge in [-0.05, 0) is 51.3 Å². The van der Waals surface area contributed by atoms with Gasteiger partial charge in [-0.2, -0.15) is 0 Å². The van der Waals surface area contributed by atoms with Crippen LogP contribution in [0, 0.1) is 6.92 Å². The minimum Gasteiger partial charge on any atom is -0.314 e. The lowest BCUT2D eigenvalue weighted by molar-refractivity contribution is 0.383. The van der Waals surface area contributed by atoms with Gasteiger partial charge in [0, 0.05) is 15.8 Å². The summed E-state index contributed by atoms with van der Waals surface area (Å²) in [6, 6.07) is 5.29. The Bertz CT molecular complexity index is 274. The second kappa shape index (κ2) is 4.94. The Balaban J connectivity index is 1.76. The molecule has 1 saturated heterocycles. The van der Waals surface area contributed by atoms with Crippen LogP contribution in [0.2, 0.25) is 0 Å². The van der Waals surface area contributed by atoms with Gasteiger partial charge in [-0.1, -0.05) is 6.42 Å². The molecule has 1 fully saturated rings. The van der Waals surface area contributed by atoms with Gasteiger partial charge in [0.05, 0.1) is 0 Å². The maximum atomic E-state index is 3.60. The molecule has 14 heavy (non-hydrogen) atoms. The van der Waals surface area contributed by atoms with Crippen molar-refractivity contribution in [3.8, 4) is 0 Å². The summed E-state index contributed by atoms with van der Waals surface area (Å²) in [4.78, 5) is 2.99. The Morgan fingerprint density at radius 1 is 1.43 bits per heavy atom. The number of rotatable bonds is 3. The summed E-state index contributed by atoms with van der Waals surface area (Å²) in [5.41, 5.74) is 0. The fourth-order valence-electron chi connectivity index (χ4n) is 2.11. The zero-order valence-corrected chi connectivity index (χ0v) is 9.70. The van der Waals surface area contributed by atoms with Crippen LogP contribution in [-0.4, -0.2) is 12.6 Å². The second-order valence-corrected chi connectivity index (χ2v) is 5.57. The van der Waals surface area contributed by atoms with Gasteiger partial charge in [0.2, 0.25) is 0 Å². The summed E-state index contributed by atoms with van der Waals surface area (Å²) >= 11 is 1.95. The Hall–Kier alpha value is -0.340. The third kappa shape index (κ3) is 2.82. The fourth-order valence-corrected chi connectivity index (χ4v) is 3.01. The molecule has 0 spiro atoms. The molecule has 1 atom stereocenters. The van der Waals surface area contributed by atoms with Gasteiger partial charge in [0.25, 0.3) is 0 Å². The first-order chi connectivity index (χ1) is 6.84. The van der Waals surface area contributed by atoms with Crippen molar-refractivity contribution in [1.29, 1.82) is 0 Å². The van der Waals surface area contributed by atoms with Crippen LogP contribution in [0.5, 0.6) is 0 Å². The van der Waals surface area contributed by atoms with Crippen molar-refractivity contribution in [1.82, 2.24) is 5.32 Å². The van der Waals surface area contributed by atoms with Gasteiger partial charge in [-0.3, -0.25) is 0 Å². The zero-order valence-electron chi connectivity index (χ0n) is 8.88. The second-order valence-electron chi connectivity index (χ2n) is 4.20. The highest BCUT2D eigenvalue weighted by Crippen LogP contribution is 2.19. The van der Waals surface area contributed by atoms with E-state index in [0.717, 1.165) is 6.04 Å². The summed E-state index contributed by atoms with van der Waals surface area (Å²) in [6.07, 6.45) is 6.75. The molecule has 1 aliphatic rings. The van der Waals surface area contributed by atoms with E-state index in [1.54, 1.807) is 4.88 Å². The van der Waals surface area contributed by atoms with Gasteiger partial charge < -0.3 is 5.32 Å². The molecule has 1 N–H and O–H groups in total. The number of thiophene rings is 1. The van der Waals surface area contributed by atoms with Gasteiger partial charge in [-0.25, -0.2) is 0 Å². The maximum Gasteiger partial charge on any atom is 0.00705 e. The van der Waals surface area contributed by atoms with Crippen molar-refractivity contribution < 1.29 is 0 Å². The van der Waals surface area contributed by atoms with Crippen LogP contribution in [0.4, 0.5) is 0 Å². The Kier molecular flexibility index (Phi) is 3.60.